The molecule has 6 heteroatoms. The van der Waals surface area contributed by atoms with Crippen LogP contribution in [0.4, 0.5) is 5.82 Å². The second-order valence-corrected chi connectivity index (χ2v) is 3.84. The highest BCUT2D eigenvalue weighted by Crippen LogP contribution is 2.07. The molecule has 0 aliphatic carbocycles. The molecule has 0 aliphatic rings. The van der Waals surface area contributed by atoms with Gasteiger partial charge in [-0.25, -0.2) is 9.78 Å². The lowest BCUT2D eigenvalue weighted by Crippen LogP contribution is -2.10. The third kappa shape index (κ3) is 3.74. The molecule has 0 spiro atoms. The second-order valence-electron chi connectivity index (χ2n) is 3.84. The van der Waals surface area contributed by atoms with Gasteiger partial charge in [0.1, 0.15) is 5.82 Å². The number of pyridine rings is 2. The predicted molar refractivity (Wildman–Crippen MR) is 73.1 cm³/mol. The fourth-order valence-electron chi connectivity index (χ4n) is 1.45. The van der Waals surface area contributed by atoms with Crippen molar-refractivity contribution >= 4 is 23.8 Å². The smallest absolute Gasteiger partial charge is 0.335 e. The normalized spacial score (nSPS) is 10.4. The Labute approximate surface area is 114 Å². The van der Waals surface area contributed by atoms with Crippen molar-refractivity contribution in [1.82, 2.24) is 9.97 Å². The summed E-state index contributed by atoms with van der Waals surface area (Å²) in [4.78, 5) is 30.2. The first kappa shape index (κ1) is 13.4. The van der Waals surface area contributed by atoms with Crippen LogP contribution in [0.3, 0.4) is 0 Å². The Kier molecular flexibility index (Phi) is 4.18. The number of aromatic nitrogens is 2. The van der Waals surface area contributed by atoms with Crippen LogP contribution in [0.2, 0.25) is 0 Å². The maximum absolute atomic E-state index is 11.7. The monoisotopic (exact) mass is 269 g/mol. The second kappa shape index (κ2) is 6.24. The molecule has 0 radical (unpaired) electrons. The van der Waals surface area contributed by atoms with E-state index in [1.807, 2.05) is 0 Å². The van der Waals surface area contributed by atoms with Crippen LogP contribution in [0.25, 0.3) is 6.08 Å². The number of nitrogens with one attached hydrogen (secondary N) is 1. The van der Waals surface area contributed by atoms with E-state index in [-0.39, 0.29) is 11.4 Å². The minimum absolute atomic E-state index is 0.0616. The number of hydrogen-bond acceptors (Lipinski definition) is 4. The van der Waals surface area contributed by atoms with Crippen LogP contribution in [-0.2, 0) is 4.79 Å². The van der Waals surface area contributed by atoms with Crippen molar-refractivity contribution in [3.63, 3.8) is 0 Å². The van der Waals surface area contributed by atoms with Gasteiger partial charge in [-0.05, 0) is 29.8 Å². The van der Waals surface area contributed by atoms with Crippen molar-refractivity contribution in [3.8, 4) is 0 Å². The summed E-state index contributed by atoms with van der Waals surface area (Å²) in [6, 6.07) is 6.21. The molecule has 2 N–H and O–H groups in total. The van der Waals surface area contributed by atoms with E-state index in [0.29, 0.717) is 0 Å². The molecule has 0 aliphatic heterocycles. The summed E-state index contributed by atoms with van der Waals surface area (Å²) in [6.07, 6.45) is 7.51. The van der Waals surface area contributed by atoms with Gasteiger partial charge in [-0.3, -0.25) is 9.78 Å². The predicted octanol–water partition coefficient (Wildman–Crippen LogP) is 1.83. The van der Waals surface area contributed by atoms with Crippen LogP contribution in [0.1, 0.15) is 15.9 Å². The fraction of sp³-hybridized carbons (Fsp3) is 0. The van der Waals surface area contributed by atoms with Crippen LogP contribution in [0.15, 0.2) is 48.9 Å². The molecule has 100 valence electrons. The molecular weight excluding hydrogens is 258 g/mol. The van der Waals surface area contributed by atoms with Crippen LogP contribution in [0.5, 0.6) is 0 Å². The molecule has 0 bridgehead atoms. The Hall–Kier alpha value is -3.02. The molecule has 0 atom stereocenters. The van der Waals surface area contributed by atoms with Crippen molar-refractivity contribution in [2.75, 3.05) is 5.32 Å². The number of hydrogen-bond donors (Lipinski definition) is 2. The van der Waals surface area contributed by atoms with Gasteiger partial charge in [-0.15, -0.1) is 0 Å². The molecule has 0 saturated heterocycles. The lowest BCUT2D eigenvalue weighted by molar-refractivity contribution is -0.111. The highest BCUT2D eigenvalue weighted by Gasteiger charge is 2.05. The lowest BCUT2D eigenvalue weighted by atomic mass is 10.2. The van der Waals surface area contributed by atoms with E-state index in [1.54, 1.807) is 30.6 Å². The third-order valence-corrected chi connectivity index (χ3v) is 2.37. The Morgan fingerprint density at radius 2 is 2.10 bits per heavy atom. The molecular formula is C14H11N3O3. The highest BCUT2D eigenvalue weighted by molar-refractivity contribution is 6.01. The maximum atomic E-state index is 11.7. The van der Waals surface area contributed by atoms with Gasteiger partial charge in [0, 0.05) is 24.7 Å². The van der Waals surface area contributed by atoms with Crippen LogP contribution >= 0.6 is 0 Å². The summed E-state index contributed by atoms with van der Waals surface area (Å²) in [5.41, 5.74) is 0.849. The van der Waals surface area contributed by atoms with Gasteiger partial charge in [-0.1, -0.05) is 6.07 Å². The largest absolute Gasteiger partial charge is 0.478 e. The van der Waals surface area contributed by atoms with Gasteiger partial charge in [0.05, 0.1) is 5.56 Å². The average molecular weight is 269 g/mol. The quantitative estimate of drug-likeness (QED) is 0.826. The van der Waals surface area contributed by atoms with Crippen molar-refractivity contribution in [1.29, 1.82) is 0 Å². The molecule has 2 aromatic heterocycles. The van der Waals surface area contributed by atoms with E-state index in [2.05, 4.69) is 15.3 Å². The Morgan fingerprint density at radius 3 is 2.80 bits per heavy atom. The highest BCUT2D eigenvalue weighted by atomic mass is 16.4. The Bertz CT molecular complexity index is 654. The van der Waals surface area contributed by atoms with Crippen LogP contribution < -0.4 is 5.32 Å². The van der Waals surface area contributed by atoms with Crippen LogP contribution in [-0.4, -0.2) is 27.0 Å². The minimum atomic E-state index is -1.08. The van der Waals surface area contributed by atoms with Crippen LogP contribution in [0, 0.1) is 0 Å². The van der Waals surface area contributed by atoms with E-state index in [1.165, 1.54) is 24.4 Å². The van der Waals surface area contributed by atoms with E-state index in [4.69, 9.17) is 5.11 Å². The zero-order valence-corrected chi connectivity index (χ0v) is 10.4. The molecule has 2 heterocycles. The lowest BCUT2D eigenvalue weighted by Gasteiger charge is -2.01. The fourth-order valence-corrected chi connectivity index (χ4v) is 1.45. The molecule has 2 rings (SSSR count). The molecule has 1 amide bonds. The number of carbonyl (C=O) groups is 2. The molecule has 0 unspecified atom stereocenters. The number of carboxylic acid groups (broad SMARTS) is 1. The molecule has 2 aromatic rings. The molecule has 6 nitrogen and oxygen atoms in total. The van der Waals surface area contributed by atoms with Gasteiger partial charge in [-0.2, -0.15) is 0 Å². The molecule has 0 saturated carbocycles. The number of rotatable bonds is 4. The third-order valence-electron chi connectivity index (χ3n) is 2.37. The number of nitrogens with zero attached hydrogens (tertiary/aromatic N) is 2. The Morgan fingerprint density at radius 1 is 1.25 bits per heavy atom. The number of anilines is 1. The maximum Gasteiger partial charge on any atom is 0.335 e. The topological polar surface area (TPSA) is 92.2 Å². The molecule has 20 heavy (non-hydrogen) atoms. The first-order valence-corrected chi connectivity index (χ1v) is 5.73. The summed E-state index contributed by atoms with van der Waals surface area (Å²) < 4.78 is 0. The average Bonchev–Trinajstić information content (AvgIpc) is 2.46. The summed E-state index contributed by atoms with van der Waals surface area (Å²) in [5.74, 6) is -1.29. The van der Waals surface area contributed by atoms with Gasteiger partial charge in [0.2, 0.25) is 5.91 Å². The molecule has 0 aromatic carbocycles. The van der Waals surface area contributed by atoms with E-state index in [9.17, 15) is 9.59 Å². The van der Waals surface area contributed by atoms with Crippen molar-refractivity contribution in [2.24, 2.45) is 0 Å². The zero-order chi connectivity index (χ0) is 14.4. The first-order valence-electron chi connectivity index (χ1n) is 5.73. The summed E-state index contributed by atoms with van der Waals surface area (Å²) in [7, 11) is 0. The SMILES string of the molecule is O=C(C=Cc1cccnc1)Nc1cc(C(=O)O)ccn1. The number of aromatic carboxylic acids is 1. The summed E-state index contributed by atoms with van der Waals surface area (Å²) in [6.45, 7) is 0. The van der Waals surface area contributed by atoms with Gasteiger partial charge < -0.3 is 10.4 Å². The van der Waals surface area contributed by atoms with E-state index >= 15 is 0 Å². The zero-order valence-electron chi connectivity index (χ0n) is 10.4. The summed E-state index contributed by atoms with van der Waals surface area (Å²) >= 11 is 0. The standard InChI is InChI=1S/C14H11N3O3/c18-13(4-3-10-2-1-6-15-9-10)17-12-8-11(14(19)20)5-7-16-12/h1-9H,(H,19,20)(H,16,17,18). The van der Waals surface area contributed by atoms with Crippen molar-refractivity contribution in [3.05, 3.63) is 60.1 Å². The number of carbonyl (C=O) groups excluding carboxylic acids is 1. The van der Waals surface area contributed by atoms with Gasteiger partial charge >= 0.3 is 5.97 Å². The van der Waals surface area contributed by atoms with Crippen molar-refractivity contribution < 1.29 is 14.7 Å². The summed E-state index contributed by atoms with van der Waals surface area (Å²) in [5, 5.41) is 11.3. The number of carboxylic acids is 1. The minimum Gasteiger partial charge on any atom is -0.478 e. The van der Waals surface area contributed by atoms with E-state index in [0.717, 1.165) is 5.56 Å². The van der Waals surface area contributed by atoms with Crippen molar-refractivity contribution in [2.45, 2.75) is 0 Å². The van der Waals surface area contributed by atoms with Gasteiger partial charge in [0.15, 0.2) is 0 Å². The number of amides is 1. The first-order chi connectivity index (χ1) is 9.65. The Balaban J connectivity index is 2.03. The van der Waals surface area contributed by atoms with Gasteiger partial charge in [0.25, 0.3) is 0 Å². The van der Waals surface area contributed by atoms with E-state index < -0.39 is 11.9 Å². The molecule has 0 fully saturated rings.